The van der Waals surface area contributed by atoms with Crippen LogP contribution in [0.2, 0.25) is 0 Å². The summed E-state index contributed by atoms with van der Waals surface area (Å²) >= 11 is 0. The van der Waals surface area contributed by atoms with Crippen LogP contribution in [0.1, 0.15) is 48.9 Å². The number of pyridine rings is 1. The van der Waals surface area contributed by atoms with Crippen LogP contribution in [0.4, 0.5) is 5.82 Å². The minimum absolute atomic E-state index is 0.0977. The Labute approximate surface area is 137 Å². The van der Waals surface area contributed by atoms with Gasteiger partial charge in [0.1, 0.15) is 5.82 Å². The molecule has 1 saturated heterocycles. The zero-order chi connectivity index (χ0) is 16.1. The van der Waals surface area contributed by atoms with E-state index in [-0.39, 0.29) is 11.5 Å². The van der Waals surface area contributed by atoms with Gasteiger partial charge in [0.15, 0.2) is 0 Å². The lowest BCUT2D eigenvalue weighted by Gasteiger charge is -2.38. The van der Waals surface area contributed by atoms with Crippen LogP contribution in [0.3, 0.4) is 0 Å². The molecule has 2 fully saturated rings. The predicted octanol–water partition coefficient (Wildman–Crippen LogP) is 2.90. The van der Waals surface area contributed by atoms with E-state index < -0.39 is 0 Å². The molecule has 1 amide bonds. The Bertz CT molecular complexity index is 550. The third-order valence-corrected chi connectivity index (χ3v) is 4.79. The molecule has 5 nitrogen and oxygen atoms in total. The third kappa shape index (κ3) is 3.91. The highest BCUT2D eigenvalue weighted by molar-refractivity contribution is 5.94. The number of anilines is 1. The number of carbonyl (C=O) groups excluding carboxylic acids is 1. The molecule has 0 bridgehead atoms. The van der Waals surface area contributed by atoms with Gasteiger partial charge in [-0.3, -0.25) is 4.79 Å². The minimum Gasteiger partial charge on any atom is -0.375 e. The Kier molecular flexibility index (Phi) is 4.96. The number of carbonyl (C=O) groups is 1. The first-order chi connectivity index (χ1) is 11.2. The molecule has 23 heavy (non-hydrogen) atoms. The van der Waals surface area contributed by atoms with Crippen molar-refractivity contribution in [2.24, 2.45) is 0 Å². The predicted molar refractivity (Wildman–Crippen MR) is 90.6 cm³/mol. The maximum Gasteiger partial charge on any atom is 0.253 e. The molecule has 3 rings (SSSR count). The van der Waals surface area contributed by atoms with E-state index in [1.165, 1.54) is 25.7 Å². The van der Waals surface area contributed by atoms with Gasteiger partial charge in [0.2, 0.25) is 0 Å². The minimum atomic E-state index is -0.125. The van der Waals surface area contributed by atoms with Crippen molar-refractivity contribution in [1.29, 1.82) is 0 Å². The van der Waals surface area contributed by atoms with E-state index in [4.69, 9.17) is 4.74 Å². The maximum atomic E-state index is 11.8. The molecule has 2 aliphatic rings. The summed E-state index contributed by atoms with van der Waals surface area (Å²) in [6.07, 6.45) is 10.2. The summed E-state index contributed by atoms with van der Waals surface area (Å²) in [6.45, 7) is 4.87. The highest BCUT2D eigenvalue weighted by atomic mass is 16.5. The third-order valence-electron chi connectivity index (χ3n) is 4.79. The first kappa shape index (κ1) is 16.0. The average molecular weight is 315 g/mol. The first-order valence-electron chi connectivity index (χ1n) is 8.46. The molecule has 1 aromatic heterocycles. The topological polar surface area (TPSA) is 63.2 Å². The molecule has 5 heteroatoms. The Morgan fingerprint density at radius 2 is 2.26 bits per heavy atom. The molecule has 124 valence electrons. The van der Waals surface area contributed by atoms with Crippen LogP contribution in [0.25, 0.3) is 0 Å². The second-order valence-corrected chi connectivity index (χ2v) is 6.50. The zero-order valence-corrected chi connectivity index (χ0v) is 13.5. The van der Waals surface area contributed by atoms with Crippen LogP contribution in [0.5, 0.6) is 0 Å². The molecule has 1 spiro atoms. The summed E-state index contributed by atoms with van der Waals surface area (Å²) in [5, 5.41) is 6.25. The highest BCUT2D eigenvalue weighted by Gasteiger charge is 2.39. The molecule has 1 unspecified atom stereocenters. The lowest BCUT2D eigenvalue weighted by atomic mass is 9.89. The van der Waals surface area contributed by atoms with Crippen molar-refractivity contribution in [3.05, 3.63) is 36.5 Å². The summed E-state index contributed by atoms with van der Waals surface area (Å²) in [6, 6.07) is 4.08. The van der Waals surface area contributed by atoms with Gasteiger partial charge in [-0.25, -0.2) is 4.98 Å². The van der Waals surface area contributed by atoms with Crippen LogP contribution in [-0.4, -0.2) is 35.7 Å². The normalized spacial score (nSPS) is 22.7. The molecule has 1 atom stereocenters. The van der Waals surface area contributed by atoms with Gasteiger partial charge in [-0.2, -0.15) is 0 Å². The average Bonchev–Trinajstić information content (AvgIpc) is 3.01. The molecule has 0 radical (unpaired) electrons. The number of amides is 1. The van der Waals surface area contributed by atoms with Crippen molar-refractivity contribution < 1.29 is 9.53 Å². The second kappa shape index (κ2) is 7.13. The second-order valence-electron chi connectivity index (χ2n) is 6.50. The number of hydrogen-bond donors (Lipinski definition) is 2. The monoisotopic (exact) mass is 315 g/mol. The van der Waals surface area contributed by atoms with E-state index in [9.17, 15) is 4.79 Å². The molecule has 2 N–H and O–H groups in total. The number of ether oxygens (including phenoxy) is 1. The van der Waals surface area contributed by atoms with E-state index >= 15 is 0 Å². The Morgan fingerprint density at radius 3 is 2.96 bits per heavy atom. The Balaban J connectivity index is 1.57. The fourth-order valence-electron chi connectivity index (χ4n) is 3.61. The molecule has 1 aliphatic carbocycles. The molecule has 1 saturated carbocycles. The standard InChI is InChI=1S/C18H25N3O2/c1-2-10-19-17(22)14-5-6-16(20-13-14)21-15-7-11-23-18(12-15)8-3-4-9-18/h2,5-6,13,15H,1,3-4,7-12H2,(H,19,22)(H,20,21). The first-order valence-corrected chi connectivity index (χ1v) is 8.46. The summed E-state index contributed by atoms with van der Waals surface area (Å²) in [5.74, 6) is 0.699. The smallest absolute Gasteiger partial charge is 0.253 e. The van der Waals surface area contributed by atoms with Gasteiger partial charge in [-0.15, -0.1) is 6.58 Å². The number of aromatic nitrogens is 1. The summed E-state index contributed by atoms with van der Waals surface area (Å²) in [7, 11) is 0. The SMILES string of the molecule is C=CCNC(=O)c1ccc(NC2CCOC3(CCCC3)C2)nc1. The van der Waals surface area contributed by atoms with Crippen LogP contribution < -0.4 is 10.6 Å². The van der Waals surface area contributed by atoms with Gasteiger partial charge in [-0.1, -0.05) is 18.9 Å². The number of nitrogens with one attached hydrogen (secondary N) is 2. The highest BCUT2D eigenvalue weighted by Crippen LogP contribution is 2.40. The van der Waals surface area contributed by atoms with Crippen LogP contribution in [-0.2, 0) is 4.74 Å². The van der Waals surface area contributed by atoms with Crippen LogP contribution >= 0.6 is 0 Å². The van der Waals surface area contributed by atoms with Crippen molar-refractivity contribution >= 4 is 11.7 Å². The fraction of sp³-hybridized carbons (Fsp3) is 0.556. The van der Waals surface area contributed by atoms with Crippen molar-refractivity contribution in [3.63, 3.8) is 0 Å². The quantitative estimate of drug-likeness (QED) is 0.820. The summed E-state index contributed by atoms with van der Waals surface area (Å²) in [4.78, 5) is 16.2. The van der Waals surface area contributed by atoms with Crippen LogP contribution in [0.15, 0.2) is 31.0 Å². The van der Waals surface area contributed by atoms with Gasteiger partial charge in [0.25, 0.3) is 5.91 Å². The van der Waals surface area contributed by atoms with E-state index in [2.05, 4.69) is 22.2 Å². The van der Waals surface area contributed by atoms with Gasteiger partial charge >= 0.3 is 0 Å². The van der Waals surface area contributed by atoms with Gasteiger partial charge in [0, 0.05) is 25.4 Å². The Morgan fingerprint density at radius 1 is 1.43 bits per heavy atom. The Hall–Kier alpha value is -1.88. The largest absolute Gasteiger partial charge is 0.375 e. The zero-order valence-electron chi connectivity index (χ0n) is 13.5. The fourth-order valence-corrected chi connectivity index (χ4v) is 3.61. The number of hydrogen-bond acceptors (Lipinski definition) is 4. The van der Waals surface area contributed by atoms with Crippen molar-refractivity contribution in [3.8, 4) is 0 Å². The van der Waals surface area contributed by atoms with E-state index in [0.29, 0.717) is 18.2 Å². The van der Waals surface area contributed by atoms with Gasteiger partial charge in [-0.05, 0) is 37.8 Å². The molecular weight excluding hydrogens is 290 g/mol. The molecule has 0 aromatic carbocycles. The van der Waals surface area contributed by atoms with E-state index in [1.807, 2.05) is 6.07 Å². The maximum absolute atomic E-state index is 11.8. The number of nitrogens with zero attached hydrogens (tertiary/aromatic N) is 1. The van der Waals surface area contributed by atoms with E-state index in [0.717, 1.165) is 25.3 Å². The molecule has 2 heterocycles. The van der Waals surface area contributed by atoms with Crippen molar-refractivity contribution in [1.82, 2.24) is 10.3 Å². The number of rotatable bonds is 5. The lowest BCUT2D eigenvalue weighted by molar-refractivity contribution is -0.0767. The molecule has 1 aliphatic heterocycles. The van der Waals surface area contributed by atoms with E-state index in [1.54, 1.807) is 18.3 Å². The summed E-state index contributed by atoms with van der Waals surface area (Å²) in [5.41, 5.74) is 0.664. The van der Waals surface area contributed by atoms with Crippen molar-refractivity contribution in [2.45, 2.75) is 50.2 Å². The summed E-state index contributed by atoms with van der Waals surface area (Å²) < 4.78 is 6.06. The molecule has 1 aromatic rings. The lowest BCUT2D eigenvalue weighted by Crippen LogP contribution is -2.42. The van der Waals surface area contributed by atoms with Gasteiger partial charge in [0.05, 0.1) is 11.2 Å². The molecular formula is C18H25N3O2. The van der Waals surface area contributed by atoms with Crippen LogP contribution in [0, 0.1) is 0 Å². The van der Waals surface area contributed by atoms with Crippen molar-refractivity contribution in [2.75, 3.05) is 18.5 Å². The van der Waals surface area contributed by atoms with Gasteiger partial charge < -0.3 is 15.4 Å².